The van der Waals surface area contributed by atoms with Crippen LogP contribution in [0.25, 0.3) is 0 Å². The van der Waals surface area contributed by atoms with Crippen LogP contribution in [0.2, 0.25) is 0 Å². The van der Waals surface area contributed by atoms with E-state index in [9.17, 15) is 9.59 Å². The number of nitrogens with zero attached hydrogens (tertiary/aromatic N) is 1. The number of aromatic nitrogens is 1. The van der Waals surface area contributed by atoms with Gasteiger partial charge in [0.1, 0.15) is 11.5 Å². The van der Waals surface area contributed by atoms with Crippen molar-refractivity contribution in [3.63, 3.8) is 0 Å². The third-order valence-corrected chi connectivity index (χ3v) is 4.97. The van der Waals surface area contributed by atoms with E-state index in [4.69, 9.17) is 9.47 Å². The van der Waals surface area contributed by atoms with E-state index in [1.165, 1.54) is 19.3 Å². The molecule has 0 saturated heterocycles. The molecule has 2 rings (SSSR count). The number of ether oxygens (including phenoxy) is 2. The maximum atomic E-state index is 11.7. The summed E-state index contributed by atoms with van der Waals surface area (Å²) in [5.41, 5.74) is 0.416. The van der Waals surface area contributed by atoms with Crippen LogP contribution in [0, 0.1) is 11.8 Å². The Labute approximate surface area is 183 Å². The molecule has 1 unspecified atom stereocenters. The van der Waals surface area contributed by atoms with Gasteiger partial charge in [-0.05, 0) is 31.4 Å². The molecule has 0 bridgehead atoms. The standard InChI is InChI=1S/C11H16N2O3.C11H20O.C2H6/c1-15-8-9-16-7-6-13-11(14)10-4-2-3-5-12-10;1-3-9(2)11(12)10-7-5-4-6-8-10;1-2/h2-5H,6-9H2,1H3,(H,13,14);9-10H,3-8H2,1-2H3;1-2H3. The van der Waals surface area contributed by atoms with Gasteiger partial charge in [0, 0.05) is 31.7 Å². The highest BCUT2D eigenvalue weighted by Gasteiger charge is 2.24. The van der Waals surface area contributed by atoms with Gasteiger partial charge in [-0.2, -0.15) is 0 Å². The minimum absolute atomic E-state index is 0.184. The van der Waals surface area contributed by atoms with Crippen LogP contribution >= 0.6 is 0 Å². The Morgan fingerprint density at radius 3 is 2.40 bits per heavy atom. The molecule has 1 fully saturated rings. The van der Waals surface area contributed by atoms with E-state index in [0.29, 0.717) is 49.7 Å². The number of ketones is 1. The van der Waals surface area contributed by atoms with E-state index in [1.807, 2.05) is 13.8 Å². The van der Waals surface area contributed by atoms with Gasteiger partial charge in [-0.15, -0.1) is 0 Å². The molecule has 1 atom stereocenters. The highest BCUT2D eigenvalue weighted by atomic mass is 16.5. The van der Waals surface area contributed by atoms with Gasteiger partial charge in [0.25, 0.3) is 5.91 Å². The number of hydrogen-bond acceptors (Lipinski definition) is 5. The first-order valence-corrected chi connectivity index (χ1v) is 11.4. The molecule has 1 aliphatic carbocycles. The van der Waals surface area contributed by atoms with E-state index < -0.39 is 0 Å². The van der Waals surface area contributed by atoms with Crippen molar-refractivity contribution < 1.29 is 19.1 Å². The zero-order valence-corrected chi connectivity index (χ0v) is 19.6. The maximum Gasteiger partial charge on any atom is 0.269 e. The predicted octanol–water partition coefficient (Wildman–Crippen LogP) is 4.68. The molecule has 1 N–H and O–H groups in total. The molecule has 1 amide bonds. The summed E-state index contributed by atoms with van der Waals surface area (Å²) >= 11 is 0. The van der Waals surface area contributed by atoms with Crippen LogP contribution < -0.4 is 5.32 Å². The summed E-state index contributed by atoms with van der Waals surface area (Å²) in [6.07, 6.45) is 8.79. The van der Waals surface area contributed by atoms with Gasteiger partial charge >= 0.3 is 0 Å². The fraction of sp³-hybridized carbons (Fsp3) is 0.708. The Balaban J connectivity index is 0.000000535. The van der Waals surface area contributed by atoms with Crippen molar-refractivity contribution in [1.82, 2.24) is 10.3 Å². The first-order valence-electron chi connectivity index (χ1n) is 11.4. The number of Topliss-reactive ketones (excluding diaryl/α,β-unsaturated/α-hetero) is 1. The second-order valence-corrected chi connectivity index (χ2v) is 7.12. The lowest BCUT2D eigenvalue weighted by Crippen LogP contribution is -2.28. The normalized spacial score (nSPS) is 14.4. The Hall–Kier alpha value is -1.79. The van der Waals surface area contributed by atoms with Crippen LogP contribution in [0.15, 0.2) is 24.4 Å². The number of carbonyl (C=O) groups excluding carboxylic acids is 2. The van der Waals surface area contributed by atoms with Crippen LogP contribution in [0.5, 0.6) is 0 Å². The molecule has 1 saturated carbocycles. The molecule has 1 aliphatic rings. The van der Waals surface area contributed by atoms with Gasteiger partial charge in [0.05, 0.1) is 19.8 Å². The van der Waals surface area contributed by atoms with Crippen LogP contribution in [-0.4, -0.2) is 50.1 Å². The quantitative estimate of drug-likeness (QED) is 0.554. The molecule has 30 heavy (non-hydrogen) atoms. The molecular weight excluding hydrogens is 380 g/mol. The maximum absolute atomic E-state index is 11.7. The Bertz CT molecular complexity index is 545. The fourth-order valence-electron chi connectivity index (χ4n) is 3.06. The summed E-state index contributed by atoms with van der Waals surface area (Å²) in [5.74, 6) is 1.05. The Morgan fingerprint density at radius 1 is 1.13 bits per heavy atom. The Morgan fingerprint density at radius 2 is 1.83 bits per heavy atom. The number of amides is 1. The summed E-state index contributed by atoms with van der Waals surface area (Å²) in [6.45, 7) is 10.2. The van der Waals surface area contributed by atoms with Gasteiger partial charge < -0.3 is 14.8 Å². The lowest BCUT2D eigenvalue weighted by Gasteiger charge is -2.22. The average molecular weight is 423 g/mol. The number of methoxy groups -OCH3 is 1. The first-order chi connectivity index (χ1) is 14.6. The smallest absolute Gasteiger partial charge is 0.269 e. The fourth-order valence-corrected chi connectivity index (χ4v) is 3.06. The third-order valence-electron chi connectivity index (χ3n) is 4.97. The van der Waals surface area contributed by atoms with E-state index >= 15 is 0 Å². The van der Waals surface area contributed by atoms with E-state index in [2.05, 4.69) is 24.1 Å². The van der Waals surface area contributed by atoms with E-state index in [0.717, 1.165) is 19.3 Å². The molecule has 172 valence electrons. The number of carbonyl (C=O) groups is 2. The zero-order chi connectivity index (χ0) is 22.6. The van der Waals surface area contributed by atoms with Crippen molar-refractivity contribution in [1.29, 1.82) is 0 Å². The zero-order valence-electron chi connectivity index (χ0n) is 19.6. The Kier molecular flexibility index (Phi) is 18.0. The molecule has 0 spiro atoms. The van der Waals surface area contributed by atoms with Crippen molar-refractivity contribution in [2.24, 2.45) is 11.8 Å². The molecule has 6 nitrogen and oxygen atoms in total. The lowest BCUT2D eigenvalue weighted by atomic mass is 9.81. The highest BCUT2D eigenvalue weighted by molar-refractivity contribution is 5.92. The number of pyridine rings is 1. The van der Waals surface area contributed by atoms with E-state index in [-0.39, 0.29) is 5.91 Å². The highest BCUT2D eigenvalue weighted by Crippen LogP contribution is 2.27. The van der Waals surface area contributed by atoms with Gasteiger partial charge in [-0.3, -0.25) is 14.6 Å². The number of nitrogens with one attached hydrogen (secondary N) is 1. The van der Waals surface area contributed by atoms with Crippen molar-refractivity contribution in [3.8, 4) is 0 Å². The van der Waals surface area contributed by atoms with Gasteiger partial charge in [0.2, 0.25) is 0 Å². The average Bonchev–Trinajstić information content (AvgIpc) is 2.83. The van der Waals surface area contributed by atoms with Crippen LogP contribution in [0.4, 0.5) is 0 Å². The third kappa shape index (κ3) is 12.7. The van der Waals surface area contributed by atoms with Crippen molar-refractivity contribution >= 4 is 11.7 Å². The largest absolute Gasteiger partial charge is 0.382 e. The van der Waals surface area contributed by atoms with Crippen molar-refractivity contribution in [2.75, 3.05) is 33.5 Å². The molecule has 6 heteroatoms. The minimum Gasteiger partial charge on any atom is -0.382 e. The van der Waals surface area contributed by atoms with Crippen LogP contribution in [-0.2, 0) is 14.3 Å². The molecular formula is C24H42N2O4. The number of rotatable bonds is 10. The van der Waals surface area contributed by atoms with Gasteiger partial charge in [-0.25, -0.2) is 0 Å². The topological polar surface area (TPSA) is 77.5 Å². The number of hydrogen-bond donors (Lipinski definition) is 1. The molecule has 1 aromatic rings. The second kappa shape index (κ2) is 19.2. The van der Waals surface area contributed by atoms with Crippen molar-refractivity contribution in [3.05, 3.63) is 30.1 Å². The first kappa shape index (κ1) is 28.2. The predicted molar refractivity (Wildman–Crippen MR) is 122 cm³/mol. The summed E-state index contributed by atoms with van der Waals surface area (Å²) in [5, 5.41) is 2.71. The lowest BCUT2D eigenvalue weighted by molar-refractivity contribution is -0.127. The molecule has 1 aromatic heterocycles. The molecule has 0 radical (unpaired) electrons. The summed E-state index contributed by atoms with van der Waals surface area (Å²) in [4.78, 5) is 27.1. The summed E-state index contributed by atoms with van der Waals surface area (Å²) in [7, 11) is 1.62. The van der Waals surface area contributed by atoms with Gasteiger partial charge in [0.15, 0.2) is 0 Å². The SMILES string of the molecule is CC.CCC(C)C(=O)C1CCCCC1.COCCOCCNC(=O)c1ccccn1. The summed E-state index contributed by atoms with van der Waals surface area (Å²) < 4.78 is 10.0. The minimum atomic E-state index is -0.184. The van der Waals surface area contributed by atoms with Gasteiger partial charge in [-0.1, -0.05) is 53.0 Å². The molecule has 0 aromatic carbocycles. The van der Waals surface area contributed by atoms with E-state index in [1.54, 1.807) is 31.5 Å². The van der Waals surface area contributed by atoms with Crippen molar-refractivity contribution in [2.45, 2.75) is 66.2 Å². The van der Waals surface area contributed by atoms with Crippen LogP contribution in [0.3, 0.4) is 0 Å². The monoisotopic (exact) mass is 422 g/mol. The second-order valence-electron chi connectivity index (χ2n) is 7.12. The summed E-state index contributed by atoms with van der Waals surface area (Å²) in [6, 6.07) is 5.21. The van der Waals surface area contributed by atoms with Crippen LogP contribution in [0.1, 0.15) is 76.7 Å². The molecule has 0 aliphatic heterocycles. The molecule has 1 heterocycles.